The molecular weight excluding hydrogens is 312 g/mol. The van der Waals surface area contributed by atoms with Gasteiger partial charge in [-0.2, -0.15) is 0 Å². The summed E-state index contributed by atoms with van der Waals surface area (Å²) in [5.74, 6) is 0.185. The van der Waals surface area contributed by atoms with Gasteiger partial charge < -0.3 is 0 Å². The van der Waals surface area contributed by atoms with Gasteiger partial charge in [-0.1, -0.05) is 24.3 Å². The second-order valence-electron chi connectivity index (χ2n) is 7.21. The van der Waals surface area contributed by atoms with E-state index < -0.39 is 0 Å². The minimum absolute atomic E-state index is 0.0197. The molecule has 1 aliphatic heterocycles. The molecule has 2 aromatic rings. The number of hydrogen-bond donors (Lipinski definition) is 0. The number of benzene rings is 1. The van der Waals surface area contributed by atoms with Crippen LogP contribution in [0.5, 0.6) is 0 Å². The third-order valence-corrected chi connectivity index (χ3v) is 5.82. The van der Waals surface area contributed by atoms with E-state index in [1.807, 2.05) is 36.4 Å². The first-order valence-electron chi connectivity index (χ1n) is 8.76. The lowest BCUT2D eigenvalue weighted by atomic mass is 9.85. The Morgan fingerprint density at radius 2 is 1.40 bits per heavy atom. The van der Waals surface area contributed by atoms with Gasteiger partial charge in [-0.25, -0.2) is 0 Å². The molecule has 0 unspecified atom stereocenters. The smallest absolute Gasteiger partial charge is 0.238 e. The fourth-order valence-corrected chi connectivity index (χ4v) is 4.66. The maximum absolute atomic E-state index is 12.8. The predicted molar refractivity (Wildman–Crippen MR) is 93.7 cm³/mol. The van der Waals surface area contributed by atoms with Crippen molar-refractivity contribution < 1.29 is 9.59 Å². The fraction of sp³-hybridized carbons (Fsp3) is 0.286. The third-order valence-electron chi connectivity index (χ3n) is 5.82. The molecule has 0 spiro atoms. The zero-order chi connectivity index (χ0) is 17.0. The summed E-state index contributed by atoms with van der Waals surface area (Å²) >= 11 is 0. The van der Waals surface area contributed by atoms with E-state index in [0.29, 0.717) is 5.69 Å². The Balaban J connectivity index is 1.39. The zero-order valence-corrected chi connectivity index (χ0v) is 13.7. The second kappa shape index (κ2) is 5.38. The lowest BCUT2D eigenvalue weighted by Gasteiger charge is -2.17. The SMILES string of the molecule is O=C1[C@@H]2[C@H](C(=O)N1c1ccc(Cc3ccncc3)cc1)[C@H]1C=C[C@H]2C1. The lowest BCUT2D eigenvalue weighted by molar-refractivity contribution is -0.123. The molecule has 1 aromatic carbocycles. The van der Waals surface area contributed by atoms with E-state index in [0.717, 1.165) is 18.4 Å². The largest absolute Gasteiger partial charge is 0.274 e. The molecule has 2 fully saturated rings. The Kier molecular flexibility index (Phi) is 3.14. The van der Waals surface area contributed by atoms with Crippen LogP contribution in [0.1, 0.15) is 17.5 Å². The van der Waals surface area contributed by atoms with E-state index in [9.17, 15) is 9.59 Å². The number of nitrogens with zero attached hydrogens (tertiary/aromatic N) is 2. The van der Waals surface area contributed by atoms with Crippen molar-refractivity contribution in [2.75, 3.05) is 4.90 Å². The Labute approximate surface area is 146 Å². The van der Waals surface area contributed by atoms with Crippen molar-refractivity contribution in [1.82, 2.24) is 4.98 Å². The molecule has 1 aromatic heterocycles. The molecule has 124 valence electrons. The average molecular weight is 330 g/mol. The number of imide groups is 1. The van der Waals surface area contributed by atoms with Crippen LogP contribution >= 0.6 is 0 Å². The third kappa shape index (κ3) is 2.17. The quantitative estimate of drug-likeness (QED) is 0.642. The molecule has 4 heteroatoms. The number of carbonyl (C=O) groups is 2. The van der Waals surface area contributed by atoms with Gasteiger partial charge in [0, 0.05) is 12.4 Å². The lowest BCUT2D eigenvalue weighted by Crippen LogP contribution is -2.32. The predicted octanol–water partition coefficient (Wildman–Crippen LogP) is 2.98. The van der Waals surface area contributed by atoms with Gasteiger partial charge in [0.25, 0.3) is 0 Å². The number of hydrogen-bond acceptors (Lipinski definition) is 3. The van der Waals surface area contributed by atoms with Crippen LogP contribution in [0.4, 0.5) is 5.69 Å². The Bertz CT molecular complexity index is 843. The summed E-state index contributed by atoms with van der Waals surface area (Å²) in [4.78, 5) is 31.1. The summed E-state index contributed by atoms with van der Waals surface area (Å²) in [5, 5.41) is 0. The highest BCUT2D eigenvalue weighted by Crippen LogP contribution is 2.53. The Hall–Kier alpha value is -2.75. The van der Waals surface area contributed by atoms with E-state index in [-0.39, 0.29) is 35.5 Å². The topological polar surface area (TPSA) is 50.3 Å². The molecule has 3 aliphatic rings. The average Bonchev–Trinajstić information content (AvgIpc) is 3.31. The fourth-order valence-electron chi connectivity index (χ4n) is 4.66. The van der Waals surface area contributed by atoms with Crippen molar-refractivity contribution in [3.63, 3.8) is 0 Å². The number of amides is 2. The molecular formula is C21H18N2O2. The normalized spacial score (nSPS) is 29.5. The summed E-state index contributed by atoms with van der Waals surface area (Å²) in [7, 11) is 0. The standard InChI is InChI=1S/C21H18N2O2/c24-20-18-15-3-4-16(12-15)19(18)21(25)23(20)17-5-1-13(2-6-17)11-14-7-9-22-10-8-14/h1-10,15-16,18-19H,11-12H2/t15-,16-,18-,19+/m0/s1. The highest BCUT2D eigenvalue weighted by Gasteiger charge is 2.59. The second-order valence-corrected chi connectivity index (χ2v) is 7.21. The van der Waals surface area contributed by atoms with Crippen LogP contribution in [0.2, 0.25) is 0 Å². The number of allylic oxidation sites excluding steroid dienone is 2. The van der Waals surface area contributed by atoms with E-state index >= 15 is 0 Å². The van der Waals surface area contributed by atoms with Crippen LogP contribution in [0.3, 0.4) is 0 Å². The van der Waals surface area contributed by atoms with Gasteiger partial charge in [-0.05, 0) is 60.1 Å². The number of fused-ring (bicyclic) bond motifs is 5. The number of rotatable bonds is 3. The van der Waals surface area contributed by atoms with E-state index in [1.165, 1.54) is 10.5 Å². The molecule has 2 bridgehead atoms. The zero-order valence-electron chi connectivity index (χ0n) is 13.7. The molecule has 1 saturated heterocycles. The van der Waals surface area contributed by atoms with Crippen LogP contribution in [0, 0.1) is 23.7 Å². The first kappa shape index (κ1) is 14.6. The summed E-state index contributed by atoms with van der Waals surface area (Å²) in [5.41, 5.74) is 3.03. The van der Waals surface area contributed by atoms with Crippen LogP contribution in [-0.4, -0.2) is 16.8 Å². The van der Waals surface area contributed by atoms with E-state index in [1.54, 1.807) is 12.4 Å². The van der Waals surface area contributed by atoms with Gasteiger partial charge in [0.1, 0.15) is 0 Å². The van der Waals surface area contributed by atoms with Crippen molar-refractivity contribution in [2.24, 2.45) is 23.7 Å². The molecule has 0 radical (unpaired) electrons. The van der Waals surface area contributed by atoms with Gasteiger partial charge in [-0.15, -0.1) is 0 Å². The number of pyridine rings is 1. The molecule has 25 heavy (non-hydrogen) atoms. The monoisotopic (exact) mass is 330 g/mol. The summed E-state index contributed by atoms with van der Waals surface area (Å²) in [6, 6.07) is 11.8. The molecule has 1 saturated carbocycles. The van der Waals surface area contributed by atoms with Gasteiger partial charge in [0.15, 0.2) is 0 Å². The van der Waals surface area contributed by atoms with Gasteiger partial charge in [-0.3, -0.25) is 19.5 Å². The van der Waals surface area contributed by atoms with Crippen molar-refractivity contribution in [3.8, 4) is 0 Å². The maximum atomic E-state index is 12.8. The molecule has 0 N–H and O–H groups in total. The molecule has 2 aliphatic carbocycles. The first-order chi connectivity index (χ1) is 12.2. The van der Waals surface area contributed by atoms with Crippen molar-refractivity contribution in [1.29, 1.82) is 0 Å². The first-order valence-corrected chi connectivity index (χ1v) is 8.76. The van der Waals surface area contributed by atoms with E-state index in [4.69, 9.17) is 0 Å². The number of anilines is 1. The van der Waals surface area contributed by atoms with Gasteiger partial charge in [0.2, 0.25) is 11.8 Å². The van der Waals surface area contributed by atoms with Crippen LogP contribution in [0.15, 0.2) is 60.9 Å². The van der Waals surface area contributed by atoms with Crippen molar-refractivity contribution in [3.05, 3.63) is 72.1 Å². The highest BCUT2D eigenvalue weighted by molar-refractivity contribution is 6.22. The highest BCUT2D eigenvalue weighted by atomic mass is 16.2. The molecule has 4 atom stereocenters. The van der Waals surface area contributed by atoms with Crippen LogP contribution < -0.4 is 4.90 Å². The Morgan fingerprint density at radius 3 is 2.00 bits per heavy atom. The molecule has 2 amide bonds. The minimum Gasteiger partial charge on any atom is -0.274 e. The van der Waals surface area contributed by atoms with Crippen molar-refractivity contribution in [2.45, 2.75) is 12.8 Å². The Morgan fingerprint density at radius 1 is 0.840 bits per heavy atom. The summed E-state index contributed by atoms with van der Waals surface area (Å²) in [6.07, 6.45) is 9.59. The summed E-state index contributed by atoms with van der Waals surface area (Å²) < 4.78 is 0. The van der Waals surface area contributed by atoms with Gasteiger partial charge in [0.05, 0.1) is 17.5 Å². The number of carbonyl (C=O) groups excluding carboxylic acids is 2. The van der Waals surface area contributed by atoms with E-state index in [2.05, 4.69) is 17.1 Å². The molecule has 4 nitrogen and oxygen atoms in total. The maximum Gasteiger partial charge on any atom is 0.238 e. The van der Waals surface area contributed by atoms with Crippen LogP contribution in [-0.2, 0) is 16.0 Å². The van der Waals surface area contributed by atoms with Gasteiger partial charge >= 0.3 is 0 Å². The van der Waals surface area contributed by atoms with Crippen LogP contribution in [0.25, 0.3) is 0 Å². The molecule has 2 heterocycles. The van der Waals surface area contributed by atoms with Crippen molar-refractivity contribution >= 4 is 17.5 Å². The summed E-state index contributed by atoms with van der Waals surface area (Å²) in [6.45, 7) is 0. The molecule has 5 rings (SSSR count). The number of aromatic nitrogens is 1. The minimum atomic E-state index is -0.140.